The summed E-state index contributed by atoms with van der Waals surface area (Å²) in [6.07, 6.45) is 4.54. The molecule has 2 aromatic rings. The van der Waals surface area contributed by atoms with Crippen LogP contribution in [0.5, 0.6) is 5.75 Å². The van der Waals surface area contributed by atoms with Crippen LogP contribution in [-0.2, 0) is 32.4 Å². The van der Waals surface area contributed by atoms with Gasteiger partial charge in [-0.2, -0.15) is 0 Å². The van der Waals surface area contributed by atoms with Crippen molar-refractivity contribution in [1.82, 2.24) is 0 Å². The van der Waals surface area contributed by atoms with Crippen LogP contribution >= 0.6 is 22.9 Å². The summed E-state index contributed by atoms with van der Waals surface area (Å²) in [6.45, 7) is 1.42. The SMILES string of the molecule is CCOC(=O)c1c(NC(=O)CN(c2cc(Cl)ccc2OC)S(C)(=O)=O)sc2c1CCCC2. The van der Waals surface area contributed by atoms with E-state index in [1.165, 1.54) is 30.6 Å². The molecule has 32 heavy (non-hydrogen) atoms. The Labute approximate surface area is 196 Å². The van der Waals surface area contributed by atoms with E-state index in [9.17, 15) is 18.0 Å². The fourth-order valence-electron chi connectivity index (χ4n) is 3.61. The van der Waals surface area contributed by atoms with Crippen LogP contribution < -0.4 is 14.4 Å². The summed E-state index contributed by atoms with van der Waals surface area (Å²) in [6, 6.07) is 4.51. The van der Waals surface area contributed by atoms with Crippen molar-refractivity contribution in [1.29, 1.82) is 0 Å². The fraction of sp³-hybridized carbons (Fsp3) is 0.429. The first-order chi connectivity index (χ1) is 15.2. The first-order valence-corrected chi connectivity index (χ1v) is 13.1. The van der Waals surface area contributed by atoms with Gasteiger partial charge in [-0.15, -0.1) is 11.3 Å². The number of fused-ring (bicyclic) bond motifs is 1. The van der Waals surface area contributed by atoms with Crippen molar-refractivity contribution in [2.24, 2.45) is 0 Å². The number of ether oxygens (including phenoxy) is 2. The first-order valence-electron chi connectivity index (χ1n) is 10.1. The lowest BCUT2D eigenvalue weighted by molar-refractivity contribution is -0.114. The number of carbonyl (C=O) groups is 2. The molecule has 0 spiro atoms. The number of hydrogen-bond acceptors (Lipinski definition) is 7. The molecular formula is C21H25ClN2O6S2. The second kappa shape index (κ2) is 10.1. The molecule has 1 aromatic heterocycles. The third-order valence-corrected chi connectivity index (χ3v) is 7.57. The minimum absolute atomic E-state index is 0.147. The van der Waals surface area contributed by atoms with Crippen molar-refractivity contribution in [3.8, 4) is 5.75 Å². The number of nitrogens with one attached hydrogen (secondary N) is 1. The Bertz CT molecular complexity index is 1130. The van der Waals surface area contributed by atoms with E-state index in [1.807, 2.05) is 0 Å². The molecule has 0 aliphatic heterocycles. The van der Waals surface area contributed by atoms with Crippen LogP contribution in [0.15, 0.2) is 18.2 Å². The van der Waals surface area contributed by atoms with E-state index in [2.05, 4.69) is 5.32 Å². The lowest BCUT2D eigenvalue weighted by atomic mass is 9.95. The highest BCUT2D eigenvalue weighted by Gasteiger charge is 2.29. The molecule has 0 atom stereocenters. The summed E-state index contributed by atoms with van der Waals surface area (Å²) in [7, 11) is -2.45. The van der Waals surface area contributed by atoms with Crippen LogP contribution in [0.1, 0.15) is 40.6 Å². The fourth-order valence-corrected chi connectivity index (χ4v) is 5.92. The van der Waals surface area contributed by atoms with E-state index < -0.39 is 28.4 Å². The predicted molar refractivity (Wildman–Crippen MR) is 126 cm³/mol. The molecule has 0 bridgehead atoms. The van der Waals surface area contributed by atoms with Crippen molar-refractivity contribution in [3.63, 3.8) is 0 Å². The number of methoxy groups -OCH3 is 1. The molecule has 3 rings (SSSR count). The van der Waals surface area contributed by atoms with Crippen molar-refractivity contribution >= 4 is 55.5 Å². The van der Waals surface area contributed by atoms with E-state index in [4.69, 9.17) is 21.1 Å². The molecule has 1 heterocycles. The number of amides is 1. The summed E-state index contributed by atoms with van der Waals surface area (Å²) in [5.41, 5.74) is 1.42. The van der Waals surface area contributed by atoms with E-state index in [0.29, 0.717) is 15.6 Å². The number of nitrogens with zero attached hydrogens (tertiary/aromatic N) is 1. The van der Waals surface area contributed by atoms with Crippen LogP contribution in [0, 0.1) is 0 Å². The number of thiophene rings is 1. The van der Waals surface area contributed by atoms with Crippen LogP contribution in [0.2, 0.25) is 5.02 Å². The number of benzene rings is 1. The third kappa shape index (κ3) is 5.36. The summed E-state index contributed by atoms with van der Waals surface area (Å²) < 4.78 is 36.4. The van der Waals surface area contributed by atoms with Crippen molar-refractivity contribution in [2.75, 3.05) is 36.1 Å². The van der Waals surface area contributed by atoms with Gasteiger partial charge in [-0.1, -0.05) is 11.6 Å². The Morgan fingerprint density at radius 3 is 2.62 bits per heavy atom. The summed E-state index contributed by atoms with van der Waals surface area (Å²) in [5.74, 6) is -0.827. The lowest BCUT2D eigenvalue weighted by Gasteiger charge is -2.24. The van der Waals surface area contributed by atoms with Crippen LogP contribution in [-0.4, -0.2) is 46.8 Å². The van der Waals surface area contributed by atoms with Crippen molar-refractivity contribution < 1.29 is 27.5 Å². The molecule has 0 radical (unpaired) electrons. The molecule has 0 unspecified atom stereocenters. The average molecular weight is 501 g/mol. The quantitative estimate of drug-likeness (QED) is 0.552. The number of anilines is 2. The molecule has 174 valence electrons. The normalized spacial score (nSPS) is 13.2. The topological polar surface area (TPSA) is 102 Å². The highest BCUT2D eigenvalue weighted by Crippen LogP contribution is 2.39. The lowest BCUT2D eigenvalue weighted by Crippen LogP contribution is -2.37. The Balaban J connectivity index is 1.92. The Kier molecular flexibility index (Phi) is 7.68. The second-order valence-corrected chi connectivity index (χ2v) is 10.7. The van der Waals surface area contributed by atoms with Gasteiger partial charge in [-0.25, -0.2) is 13.2 Å². The monoisotopic (exact) mass is 500 g/mol. The summed E-state index contributed by atoms with van der Waals surface area (Å²) >= 11 is 7.39. The van der Waals surface area contributed by atoms with Gasteiger partial charge in [0, 0.05) is 9.90 Å². The third-order valence-electron chi connectivity index (χ3n) is 5.00. The zero-order valence-electron chi connectivity index (χ0n) is 18.1. The molecule has 0 fully saturated rings. The maximum Gasteiger partial charge on any atom is 0.341 e. The smallest absolute Gasteiger partial charge is 0.341 e. The van der Waals surface area contributed by atoms with E-state index in [1.54, 1.807) is 13.0 Å². The van der Waals surface area contributed by atoms with Gasteiger partial charge in [0.15, 0.2) is 0 Å². The second-order valence-electron chi connectivity index (χ2n) is 7.27. The zero-order valence-corrected chi connectivity index (χ0v) is 20.5. The van der Waals surface area contributed by atoms with Gasteiger partial charge >= 0.3 is 5.97 Å². The summed E-state index contributed by atoms with van der Waals surface area (Å²) in [4.78, 5) is 26.6. The molecule has 0 saturated carbocycles. The van der Waals surface area contributed by atoms with Crippen molar-refractivity contribution in [3.05, 3.63) is 39.2 Å². The van der Waals surface area contributed by atoms with Crippen LogP contribution in [0.25, 0.3) is 0 Å². The zero-order chi connectivity index (χ0) is 23.5. The highest BCUT2D eigenvalue weighted by molar-refractivity contribution is 7.92. The molecule has 1 amide bonds. The molecule has 1 aliphatic carbocycles. The Morgan fingerprint density at radius 2 is 1.97 bits per heavy atom. The highest BCUT2D eigenvalue weighted by atomic mass is 35.5. The van der Waals surface area contributed by atoms with Crippen molar-refractivity contribution in [2.45, 2.75) is 32.6 Å². The number of hydrogen-bond donors (Lipinski definition) is 1. The average Bonchev–Trinajstić information content (AvgIpc) is 3.09. The number of carbonyl (C=O) groups excluding carboxylic acids is 2. The van der Waals surface area contributed by atoms with E-state index in [-0.39, 0.29) is 18.0 Å². The maximum absolute atomic E-state index is 12.9. The van der Waals surface area contributed by atoms with E-state index >= 15 is 0 Å². The standard InChI is InChI=1S/C21H25ClN2O6S2/c1-4-30-21(26)19-14-7-5-6-8-17(14)31-20(19)23-18(25)12-24(32(3,27)28)15-11-13(22)9-10-16(15)29-2/h9-11H,4-8,12H2,1-3H3,(H,23,25). The molecule has 11 heteroatoms. The van der Waals surface area contributed by atoms with Gasteiger partial charge in [-0.3, -0.25) is 9.10 Å². The van der Waals surface area contributed by atoms with Crippen LogP contribution in [0.4, 0.5) is 10.7 Å². The number of rotatable bonds is 8. The number of halogens is 1. The van der Waals surface area contributed by atoms with Gasteiger partial charge in [0.2, 0.25) is 15.9 Å². The number of aryl methyl sites for hydroxylation is 1. The van der Waals surface area contributed by atoms with Gasteiger partial charge in [-0.05, 0) is 56.4 Å². The van der Waals surface area contributed by atoms with Gasteiger partial charge < -0.3 is 14.8 Å². The van der Waals surface area contributed by atoms with Gasteiger partial charge in [0.1, 0.15) is 17.3 Å². The van der Waals surface area contributed by atoms with Gasteiger partial charge in [0.25, 0.3) is 0 Å². The molecule has 8 nitrogen and oxygen atoms in total. The minimum atomic E-state index is -3.85. The minimum Gasteiger partial charge on any atom is -0.495 e. The Morgan fingerprint density at radius 1 is 1.25 bits per heavy atom. The molecular weight excluding hydrogens is 476 g/mol. The first kappa shape index (κ1) is 24.3. The largest absolute Gasteiger partial charge is 0.495 e. The summed E-state index contributed by atoms with van der Waals surface area (Å²) in [5, 5.41) is 3.41. The number of sulfonamides is 1. The van der Waals surface area contributed by atoms with Gasteiger partial charge in [0.05, 0.1) is 31.2 Å². The molecule has 0 saturated heterocycles. The molecule has 1 aromatic carbocycles. The number of esters is 1. The van der Waals surface area contributed by atoms with Crippen LogP contribution in [0.3, 0.4) is 0 Å². The predicted octanol–water partition coefficient (Wildman–Crippen LogP) is 3.87. The molecule has 1 aliphatic rings. The molecule has 1 N–H and O–H groups in total. The van der Waals surface area contributed by atoms with E-state index in [0.717, 1.165) is 46.7 Å². The Hall–Kier alpha value is -2.30. The maximum atomic E-state index is 12.9.